The molecule has 2 aromatic carbocycles. The van der Waals surface area contributed by atoms with Gasteiger partial charge in [-0.3, -0.25) is 0 Å². The Balaban J connectivity index is 2.35. The van der Waals surface area contributed by atoms with Gasteiger partial charge in [0, 0.05) is 10.9 Å². The predicted octanol–water partition coefficient (Wildman–Crippen LogP) is 6.22. The van der Waals surface area contributed by atoms with Crippen LogP contribution in [0.25, 0.3) is 12.2 Å². The van der Waals surface area contributed by atoms with Crippen molar-refractivity contribution in [2.24, 2.45) is 0 Å². The molecule has 2 heteroatoms. The van der Waals surface area contributed by atoms with Crippen LogP contribution in [0.5, 0.6) is 0 Å². The summed E-state index contributed by atoms with van der Waals surface area (Å²) >= 11 is 3.44. The van der Waals surface area contributed by atoms with Crippen molar-refractivity contribution in [3.8, 4) is 0 Å². The van der Waals surface area contributed by atoms with Crippen LogP contribution in [0.4, 0.5) is 0 Å². The topological polar surface area (TPSA) is 17.1 Å². The molecule has 0 saturated heterocycles. The molecule has 0 atom stereocenters. The van der Waals surface area contributed by atoms with E-state index < -0.39 is 0 Å². The number of rotatable bonds is 5. The van der Waals surface area contributed by atoms with Gasteiger partial charge < -0.3 is 4.79 Å². The maximum Gasteiger partial charge on any atom is 0.130 e. The van der Waals surface area contributed by atoms with Gasteiger partial charge in [0.05, 0.1) is 0 Å². The third kappa shape index (κ3) is 4.80. The van der Waals surface area contributed by atoms with Crippen LogP contribution in [-0.2, 0) is 11.2 Å². The van der Waals surface area contributed by atoms with E-state index >= 15 is 0 Å². The van der Waals surface area contributed by atoms with E-state index in [1.807, 2.05) is 24.3 Å². The van der Waals surface area contributed by atoms with Crippen molar-refractivity contribution < 1.29 is 4.79 Å². The molecule has 0 N–H and O–H groups in total. The molecule has 0 aromatic heterocycles. The van der Waals surface area contributed by atoms with Gasteiger partial charge >= 0.3 is 0 Å². The molecule has 2 rings (SSSR count). The summed E-state index contributed by atoms with van der Waals surface area (Å²) < 4.78 is 1.07. The lowest BCUT2D eigenvalue weighted by Gasteiger charge is -2.14. The highest BCUT2D eigenvalue weighted by molar-refractivity contribution is 9.10. The number of Topliss-reactive ketones (excluding diaryl/α,β-unsaturated/α-hetero) is 1. The zero-order valence-electron chi connectivity index (χ0n) is 14.7. The summed E-state index contributed by atoms with van der Waals surface area (Å²) in [7, 11) is 0. The molecule has 0 saturated carbocycles. The molecule has 124 valence electrons. The van der Waals surface area contributed by atoms with Crippen LogP contribution >= 0.6 is 15.9 Å². The molecule has 0 aliphatic heterocycles. The van der Waals surface area contributed by atoms with Gasteiger partial charge in [-0.1, -0.05) is 34.1 Å². The molecular formula is C22H23BrO. The minimum absolute atomic E-state index is 0.238. The first-order valence-electron chi connectivity index (χ1n) is 8.15. The molecule has 0 aliphatic rings. The van der Waals surface area contributed by atoms with E-state index in [1.54, 1.807) is 6.92 Å². The summed E-state index contributed by atoms with van der Waals surface area (Å²) in [6.07, 6.45) is 5.44. The number of aryl methyl sites for hydroxylation is 2. The highest BCUT2D eigenvalue weighted by Crippen LogP contribution is 2.24. The van der Waals surface area contributed by atoms with Crippen molar-refractivity contribution in [2.45, 2.75) is 40.5 Å². The van der Waals surface area contributed by atoms with Crippen LogP contribution in [0.1, 0.15) is 46.7 Å². The molecule has 24 heavy (non-hydrogen) atoms. The molecule has 1 nitrogen and oxygen atoms in total. The third-order valence-corrected chi connectivity index (χ3v) is 4.79. The standard InChI is InChI=1S/C22H23BrO/c1-15-14-16(2)22(13-8-17(3)24)18(4)21(15)7-5-6-19-9-11-20(23)12-10-19/h6-7,9-12,14H,8,13H2,1-4H3. The summed E-state index contributed by atoms with van der Waals surface area (Å²) in [6, 6.07) is 10.4. The Bertz CT molecular complexity index is 807. The predicted molar refractivity (Wildman–Crippen MR) is 106 cm³/mol. The van der Waals surface area contributed by atoms with Gasteiger partial charge in [-0.05, 0) is 91.8 Å². The molecule has 0 spiro atoms. The van der Waals surface area contributed by atoms with Gasteiger partial charge in [-0.25, -0.2) is 0 Å². The fraction of sp³-hybridized carbons (Fsp3) is 0.273. The van der Waals surface area contributed by atoms with Crippen molar-refractivity contribution >= 4 is 33.9 Å². The molecule has 0 fully saturated rings. The van der Waals surface area contributed by atoms with Crippen LogP contribution in [0.2, 0.25) is 0 Å². The van der Waals surface area contributed by atoms with Crippen LogP contribution in [0, 0.1) is 20.8 Å². The third-order valence-electron chi connectivity index (χ3n) is 4.27. The van der Waals surface area contributed by atoms with Crippen LogP contribution in [0.3, 0.4) is 0 Å². The van der Waals surface area contributed by atoms with Crippen molar-refractivity contribution in [2.75, 3.05) is 0 Å². The second-order valence-electron chi connectivity index (χ2n) is 6.24. The molecule has 2 aromatic rings. The second-order valence-corrected chi connectivity index (χ2v) is 7.15. The first-order chi connectivity index (χ1) is 11.4. The van der Waals surface area contributed by atoms with Gasteiger partial charge in [0.25, 0.3) is 0 Å². The minimum atomic E-state index is 0.238. The Morgan fingerprint density at radius 1 is 1.08 bits per heavy atom. The summed E-state index contributed by atoms with van der Waals surface area (Å²) in [6.45, 7) is 8.05. The molecule has 0 radical (unpaired) electrons. The summed E-state index contributed by atoms with van der Waals surface area (Å²) in [4.78, 5) is 11.3. The highest BCUT2D eigenvalue weighted by atomic mass is 79.9. The molecule has 0 amide bonds. The van der Waals surface area contributed by atoms with Crippen molar-refractivity contribution in [1.29, 1.82) is 0 Å². The quantitative estimate of drug-likeness (QED) is 0.560. The number of halogens is 1. The van der Waals surface area contributed by atoms with Gasteiger partial charge in [-0.2, -0.15) is 0 Å². The summed E-state index contributed by atoms with van der Waals surface area (Å²) in [5.41, 5.74) is 10.7. The van der Waals surface area contributed by atoms with Gasteiger partial charge in [-0.15, -0.1) is 5.73 Å². The van der Waals surface area contributed by atoms with E-state index in [1.165, 1.54) is 27.8 Å². The SMILES string of the molecule is CC(=O)CCc1c(C)cc(C)c(C=C=Cc2ccc(Br)cc2)c1C. The average Bonchev–Trinajstić information content (AvgIpc) is 2.51. The number of benzene rings is 2. The first kappa shape index (κ1) is 18.4. The maximum absolute atomic E-state index is 11.3. The lowest BCUT2D eigenvalue weighted by Crippen LogP contribution is -2.02. The lowest BCUT2D eigenvalue weighted by atomic mass is 9.90. The molecule has 0 heterocycles. The number of hydrogen-bond acceptors (Lipinski definition) is 1. The normalized spacial score (nSPS) is 10.2. The van der Waals surface area contributed by atoms with E-state index in [9.17, 15) is 4.79 Å². The van der Waals surface area contributed by atoms with Gasteiger partial charge in [0.15, 0.2) is 0 Å². The summed E-state index contributed by atoms with van der Waals surface area (Å²) in [5, 5.41) is 0. The fourth-order valence-electron chi connectivity index (χ4n) is 2.93. The number of ketones is 1. The minimum Gasteiger partial charge on any atom is -0.300 e. The van der Waals surface area contributed by atoms with E-state index in [4.69, 9.17) is 0 Å². The van der Waals surface area contributed by atoms with Crippen molar-refractivity contribution in [1.82, 2.24) is 0 Å². The van der Waals surface area contributed by atoms with Crippen LogP contribution < -0.4 is 0 Å². The van der Waals surface area contributed by atoms with E-state index in [0.717, 1.165) is 16.5 Å². The molecule has 0 aliphatic carbocycles. The second kappa shape index (κ2) is 8.28. The van der Waals surface area contributed by atoms with Crippen molar-refractivity contribution in [3.63, 3.8) is 0 Å². The van der Waals surface area contributed by atoms with Crippen LogP contribution in [0.15, 0.2) is 40.5 Å². The smallest absolute Gasteiger partial charge is 0.130 e. The first-order valence-corrected chi connectivity index (χ1v) is 8.95. The van der Waals surface area contributed by atoms with Gasteiger partial charge in [0.1, 0.15) is 5.78 Å². The zero-order chi connectivity index (χ0) is 17.7. The Kier molecular flexibility index (Phi) is 6.36. The Morgan fingerprint density at radius 3 is 2.38 bits per heavy atom. The molecular weight excluding hydrogens is 360 g/mol. The van der Waals surface area contributed by atoms with Crippen molar-refractivity contribution in [3.05, 3.63) is 73.9 Å². The lowest BCUT2D eigenvalue weighted by molar-refractivity contribution is -0.116. The van der Waals surface area contributed by atoms with E-state index in [0.29, 0.717) is 6.42 Å². The maximum atomic E-state index is 11.3. The summed E-state index contributed by atoms with van der Waals surface area (Å²) in [5.74, 6) is 0.238. The Morgan fingerprint density at radius 2 is 1.75 bits per heavy atom. The van der Waals surface area contributed by atoms with Gasteiger partial charge in [0.2, 0.25) is 0 Å². The Labute approximate surface area is 153 Å². The number of carbonyl (C=O) groups excluding carboxylic acids is 1. The number of carbonyl (C=O) groups is 1. The number of hydrogen-bond donors (Lipinski definition) is 0. The largest absolute Gasteiger partial charge is 0.300 e. The van der Waals surface area contributed by atoms with E-state index in [2.05, 4.69) is 60.6 Å². The highest BCUT2D eigenvalue weighted by Gasteiger charge is 2.09. The average molecular weight is 383 g/mol. The monoisotopic (exact) mass is 382 g/mol. The van der Waals surface area contributed by atoms with Crippen LogP contribution in [-0.4, -0.2) is 5.78 Å². The fourth-order valence-corrected chi connectivity index (χ4v) is 3.20. The zero-order valence-corrected chi connectivity index (χ0v) is 16.3. The molecule has 0 unspecified atom stereocenters. The van der Waals surface area contributed by atoms with E-state index in [-0.39, 0.29) is 5.78 Å². The molecule has 0 bridgehead atoms. The Hall–Kier alpha value is -1.89.